The highest BCUT2D eigenvalue weighted by Gasteiger charge is 2.36. The molecule has 0 spiro atoms. The van der Waals surface area contributed by atoms with Crippen LogP contribution in [-0.4, -0.2) is 57.1 Å². The number of ether oxygens (including phenoxy) is 2. The molecule has 0 radical (unpaired) electrons. The first-order valence-corrected chi connectivity index (χ1v) is 12.1. The largest absolute Gasteiger partial charge is 0.493 e. The molecule has 2 aromatic carbocycles. The Balaban J connectivity index is 1.86. The fraction of sp³-hybridized carbons (Fsp3) is 0.182. The van der Waals surface area contributed by atoms with Crippen molar-refractivity contribution >= 4 is 56.7 Å². The Morgan fingerprint density at radius 2 is 1.74 bits per heavy atom. The van der Waals surface area contributed by atoms with Crippen LogP contribution in [0.3, 0.4) is 0 Å². The van der Waals surface area contributed by atoms with E-state index in [1.165, 1.54) is 62.6 Å². The van der Waals surface area contributed by atoms with E-state index in [2.05, 4.69) is 10.1 Å². The molecule has 0 bridgehead atoms. The number of rotatable bonds is 8. The minimum absolute atomic E-state index is 0.0337. The molecule has 13 heteroatoms. The topological polar surface area (TPSA) is 145 Å². The number of imide groups is 1. The summed E-state index contributed by atoms with van der Waals surface area (Å²) in [7, 11) is -1.81. The summed E-state index contributed by atoms with van der Waals surface area (Å²) < 4.78 is 40.5. The van der Waals surface area contributed by atoms with Gasteiger partial charge in [0.05, 0.1) is 19.1 Å². The van der Waals surface area contributed by atoms with Crippen molar-refractivity contribution < 1.29 is 41.3 Å². The molecule has 3 amide bonds. The Bertz CT molecular complexity index is 1320. The van der Waals surface area contributed by atoms with Crippen LogP contribution in [-0.2, 0) is 29.2 Å². The van der Waals surface area contributed by atoms with Gasteiger partial charge in [-0.25, -0.2) is 0 Å². The van der Waals surface area contributed by atoms with Gasteiger partial charge in [0.2, 0.25) is 5.91 Å². The number of hydrogen-bond acceptors (Lipinski definition) is 10. The average molecular weight is 521 g/mol. The smallest absolute Gasteiger partial charge is 0.339 e. The summed E-state index contributed by atoms with van der Waals surface area (Å²) in [5, 5.41) is 1.90. The van der Waals surface area contributed by atoms with Crippen molar-refractivity contribution in [2.24, 2.45) is 0 Å². The maximum Gasteiger partial charge on any atom is 0.339 e. The van der Waals surface area contributed by atoms with E-state index in [4.69, 9.17) is 8.92 Å². The molecule has 0 atom stereocenters. The van der Waals surface area contributed by atoms with Gasteiger partial charge in [0.15, 0.2) is 11.5 Å². The molecule has 1 aliphatic rings. The second-order valence-corrected chi connectivity index (χ2v) is 9.54. The van der Waals surface area contributed by atoms with Crippen LogP contribution >= 0.6 is 11.8 Å². The van der Waals surface area contributed by atoms with E-state index in [9.17, 15) is 27.6 Å². The van der Waals surface area contributed by atoms with E-state index < -0.39 is 33.8 Å². The number of benzene rings is 2. The summed E-state index contributed by atoms with van der Waals surface area (Å²) in [5.41, 5.74) is 0.762. The van der Waals surface area contributed by atoms with Crippen LogP contribution < -0.4 is 14.2 Å². The van der Waals surface area contributed by atoms with Gasteiger partial charge in [0.25, 0.3) is 11.1 Å². The molecular formula is C22H20N2O9S2. The molecule has 0 saturated carbocycles. The van der Waals surface area contributed by atoms with E-state index in [0.29, 0.717) is 23.0 Å². The lowest BCUT2D eigenvalue weighted by Crippen LogP contribution is -2.34. The van der Waals surface area contributed by atoms with E-state index in [1.807, 2.05) is 0 Å². The molecule has 0 unspecified atom stereocenters. The van der Waals surface area contributed by atoms with E-state index >= 15 is 0 Å². The first-order chi connectivity index (χ1) is 16.5. The number of methoxy groups -OCH3 is 2. The summed E-state index contributed by atoms with van der Waals surface area (Å²) in [4.78, 5) is 47.8. The number of hydrogen-bond donors (Lipinski definition) is 1. The summed E-state index contributed by atoms with van der Waals surface area (Å²) in [6.45, 7) is 0.807. The predicted molar refractivity (Wildman–Crippen MR) is 126 cm³/mol. The zero-order chi connectivity index (χ0) is 25.8. The summed E-state index contributed by atoms with van der Waals surface area (Å²) in [6.07, 6.45) is 1.36. The summed E-state index contributed by atoms with van der Waals surface area (Å²) in [5.74, 6) is -1.78. The van der Waals surface area contributed by atoms with Crippen LogP contribution in [0.5, 0.6) is 11.5 Å². The van der Waals surface area contributed by atoms with Crippen molar-refractivity contribution in [3.05, 3.63) is 52.9 Å². The van der Waals surface area contributed by atoms with Crippen LogP contribution in [0.4, 0.5) is 10.5 Å². The zero-order valence-corrected chi connectivity index (χ0v) is 20.4. The number of nitrogens with zero attached hydrogens (tertiary/aromatic N) is 1. The lowest BCUT2D eigenvalue weighted by molar-refractivity contribution is -0.143. The third kappa shape index (κ3) is 6.19. The molecule has 0 aliphatic carbocycles. The van der Waals surface area contributed by atoms with Crippen molar-refractivity contribution in [1.29, 1.82) is 0 Å². The van der Waals surface area contributed by atoms with Crippen molar-refractivity contribution in [2.45, 2.75) is 11.8 Å². The van der Waals surface area contributed by atoms with Gasteiger partial charge in [-0.05, 0) is 59.8 Å². The second-order valence-electron chi connectivity index (χ2n) is 7.00. The Hall–Kier alpha value is -3.84. The zero-order valence-electron chi connectivity index (χ0n) is 18.8. The Labute approximate surface area is 205 Å². The molecular weight excluding hydrogens is 500 g/mol. The number of nitrogens with one attached hydrogen (secondary N) is 1. The van der Waals surface area contributed by atoms with Crippen LogP contribution in [0.2, 0.25) is 0 Å². The van der Waals surface area contributed by atoms with Crippen LogP contribution in [0.25, 0.3) is 6.08 Å². The van der Waals surface area contributed by atoms with Crippen molar-refractivity contribution in [2.75, 3.05) is 26.1 Å². The number of esters is 1. The third-order valence-corrected chi connectivity index (χ3v) is 6.69. The van der Waals surface area contributed by atoms with Gasteiger partial charge in [-0.1, -0.05) is 6.07 Å². The molecule has 1 N–H and O–H groups in total. The second kappa shape index (κ2) is 10.6. The van der Waals surface area contributed by atoms with Crippen LogP contribution in [0.1, 0.15) is 12.5 Å². The normalized spacial score (nSPS) is 14.7. The van der Waals surface area contributed by atoms with Crippen LogP contribution in [0, 0.1) is 0 Å². The molecule has 3 rings (SSSR count). The standard InChI is InChI=1S/C22H20N2O9S2/c1-13(25)23-15-5-7-16(8-6-15)35(29,30)33-18-10-14(4-9-17(18)31-2)11-19-21(27)24(22(28)34-19)12-20(26)32-3/h4-11H,12H2,1-3H3,(H,23,25)/b19-11-. The van der Waals surface area contributed by atoms with Gasteiger partial charge in [-0.3, -0.25) is 24.1 Å². The maximum absolute atomic E-state index is 12.8. The van der Waals surface area contributed by atoms with Crippen LogP contribution in [0.15, 0.2) is 52.3 Å². The molecule has 1 heterocycles. The molecule has 184 valence electrons. The number of carbonyl (C=O) groups excluding carboxylic acids is 4. The molecule has 11 nitrogen and oxygen atoms in total. The Morgan fingerprint density at radius 3 is 2.34 bits per heavy atom. The minimum atomic E-state index is -4.28. The summed E-state index contributed by atoms with van der Waals surface area (Å²) in [6, 6.07) is 9.67. The van der Waals surface area contributed by atoms with E-state index in [1.54, 1.807) is 0 Å². The summed E-state index contributed by atoms with van der Waals surface area (Å²) >= 11 is 0.631. The van der Waals surface area contributed by atoms with Gasteiger partial charge in [-0.15, -0.1) is 0 Å². The highest BCUT2D eigenvalue weighted by Crippen LogP contribution is 2.35. The van der Waals surface area contributed by atoms with E-state index in [0.717, 1.165) is 12.0 Å². The highest BCUT2D eigenvalue weighted by molar-refractivity contribution is 8.18. The van der Waals surface area contributed by atoms with Gasteiger partial charge >= 0.3 is 16.1 Å². The highest BCUT2D eigenvalue weighted by atomic mass is 32.2. The number of anilines is 1. The first-order valence-electron chi connectivity index (χ1n) is 9.86. The van der Waals surface area contributed by atoms with E-state index in [-0.39, 0.29) is 27.2 Å². The van der Waals surface area contributed by atoms with Gasteiger partial charge in [0.1, 0.15) is 11.4 Å². The lowest BCUT2D eigenvalue weighted by atomic mass is 10.2. The Kier molecular flexibility index (Phi) is 7.82. The minimum Gasteiger partial charge on any atom is -0.493 e. The predicted octanol–water partition coefficient (Wildman–Crippen LogP) is 2.63. The quantitative estimate of drug-likeness (QED) is 0.313. The third-order valence-electron chi connectivity index (χ3n) is 4.54. The van der Waals surface area contributed by atoms with Crippen molar-refractivity contribution in [3.63, 3.8) is 0 Å². The molecule has 1 fully saturated rings. The lowest BCUT2D eigenvalue weighted by Gasteiger charge is -2.12. The molecule has 1 aliphatic heterocycles. The Morgan fingerprint density at radius 1 is 1.06 bits per heavy atom. The van der Waals surface area contributed by atoms with Gasteiger partial charge in [0, 0.05) is 12.6 Å². The number of thioether (sulfide) groups is 1. The maximum atomic E-state index is 12.8. The fourth-order valence-electron chi connectivity index (χ4n) is 2.90. The van der Waals surface area contributed by atoms with Gasteiger partial charge in [-0.2, -0.15) is 8.42 Å². The monoisotopic (exact) mass is 520 g/mol. The van der Waals surface area contributed by atoms with Gasteiger partial charge < -0.3 is 19.0 Å². The molecule has 35 heavy (non-hydrogen) atoms. The average Bonchev–Trinajstić information content (AvgIpc) is 3.06. The number of amides is 3. The van der Waals surface area contributed by atoms with Crippen molar-refractivity contribution in [1.82, 2.24) is 4.90 Å². The van der Waals surface area contributed by atoms with Crippen molar-refractivity contribution in [3.8, 4) is 11.5 Å². The molecule has 2 aromatic rings. The SMILES string of the molecule is COC(=O)CN1C(=O)S/C(=C\c2ccc(OC)c(OS(=O)(=O)c3ccc(NC(C)=O)cc3)c2)C1=O. The molecule has 1 saturated heterocycles. The fourth-order valence-corrected chi connectivity index (χ4v) is 4.67. The first kappa shape index (κ1) is 25.8. The molecule has 0 aromatic heterocycles. The number of carbonyl (C=O) groups is 4.